The maximum Gasteiger partial charge on any atom is 0.373 e. The Kier molecular flexibility index (Phi) is 6.77. The summed E-state index contributed by atoms with van der Waals surface area (Å²) in [7, 11) is 1.15. The Balaban J connectivity index is 2.13. The molecule has 2 aromatic carbocycles. The Bertz CT molecular complexity index is 726. The van der Waals surface area contributed by atoms with Gasteiger partial charge >= 0.3 is 5.97 Å². The molecule has 0 bridgehead atoms. The van der Waals surface area contributed by atoms with E-state index >= 15 is 0 Å². The Morgan fingerprint density at radius 3 is 2.12 bits per heavy atom. The van der Waals surface area contributed by atoms with Gasteiger partial charge in [-0.15, -0.1) is 0 Å². The zero-order chi connectivity index (χ0) is 18.1. The van der Waals surface area contributed by atoms with E-state index in [1.807, 2.05) is 60.7 Å². The first-order chi connectivity index (χ1) is 12.1. The van der Waals surface area contributed by atoms with Crippen molar-refractivity contribution < 1.29 is 19.4 Å². The number of hydrogen-bond donors (Lipinski definition) is 1. The molecule has 5 nitrogen and oxygen atoms in total. The number of benzene rings is 2. The zero-order valence-corrected chi connectivity index (χ0v) is 14.1. The molecule has 1 amide bonds. The Morgan fingerprint density at radius 1 is 1.00 bits per heavy atom. The van der Waals surface area contributed by atoms with Crippen molar-refractivity contribution in [1.82, 2.24) is 4.90 Å². The monoisotopic (exact) mass is 339 g/mol. The van der Waals surface area contributed by atoms with Gasteiger partial charge in [0.2, 0.25) is 5.76 Å². The van der Waals surface area contributed by atoms with Crippen molar-refractivity contribution in [2.45, 2.75) is 13.0 Å². The van der Waals surface area contributed by atoms with E-state index in [2.05, 4.69) is 4.74 Å². The first-order valence-electron chi connectivity index (χ1n) is 7.96. The van der Waals surface area contributed by atoms with E-state index in [4.69, 9.17) is 0 Å². The van der Waals surface area contributed by atoms with Crippen LogP contribution >= 0.6 is 0 Å². The molecular weight excluding hydrogens is 318 g/mol. The Labute approximate surface area is 147 Å². The van der Waals surface area contributed by atoms with Crippen molar-refractivity contribution in [3.05, 3.63) is 83.6 Å². The van der Waals surface area contributed by atoms with Gasteiger partial charge in [0, 0.05) is 13.1 Å². The average molecular weight is 339 g/mol. The second kappa shape index (κ2) is 9.27. The molecule has 2 aromatic rings. The Hall–Kier alpha value is -3.08. The van der Waals surface area contributed by atoms with E-state index in [-0.39, 0.29) is 0 Å². The molecule has 2 rings (SSSR count). The fraction of sp³-hybridized carbons (Fsp3) is 0.200. The molecule has 0 aliphatic carbocycles. The number of aliphatic hydroxyl groups excluding tert-OH is 1. The molecule has 0 aliphatic rings. The van der Waals surface area contributed by atoms with Crippen LogP contribution in [0, 0.1) is 0 Å². The highest BCUT2D eigenvalue weighted by Crippen LogP contribution is 2.09. The van der Waals surface area contributed by atoms with E-state index < -0.39 is 17.6 Å². The molecule has 0 aromatic heterocycles. The maximum atomic E-state index is 12.5. The van der Waals surface area contributed by atoms with Crippen molar-refractivity contribution in [3.8, 4) is 0 Å². The molecule has 0 heterocycles. The van der Waals surface area contributed by atoms with Crippen LogP contribution < -0.4 is 0 Å². The van der Waals surface area contributed by atoms with E-state index in [0.717, 1.165) is 24.3 Å². The normalized spacial score (nSPS) is 11.0. The van der Waals surface area contributed by atoms with Gasteiger partial charge in [-0.1, -0.05) is 60.7 Å². The number of amides is 1. The number of esters is 1. The molecule has 0 spiro atoms. The largest absolute Gasteiger partial charge is 0.502 e. The van der Waals surface area contributed by atoms with E-state index in [9.17, 15) is 14.7 Å². The van der Waals surface area contributed by atoms with Gasteiger partial charge in [-0.3, -0.25) is 4.79 Å². The fourth-order valence-electron chi connectivity index (χ4n) is 2.35. The van der Waals surface area contributed by atoms with Crippen LogP contribution in [0.1, 0.15) is 11.1 Å². The minimum Gasteiger partial charge on any atom is -0.502 e. The number of rotatable bonds is 7. The van der Waals surface area contributed by atoms with Crippen molar-refractivity contribution in [3.63, 3.8) is 0 Å². The lowest BCUT2D eigenvalue weighted by molar-refractivity contribution is -0.139. The topological polar surface area (TPSA) is 66.8 Å². The number of methoxy groups -OCH3 is 1. The van der Waals surface area contributed by atoms with Crippen molar-refractivity contribution in [2.75, 3.05) is 13.7 Å². The second-order valence-corrected chi connectivity index (χ2v) is 5.50. The van der Waals surface area contributed by atoms with Crippen molar-refractivity contribution in [2.24, 2.45) is 0 Å². The lowest BCUT2D eigenvalue weighted by Crippen LogP contribution is -2.31. The van der Waals surface area contributed by atoms with E-state index in [0.29, 0.717) is 19.5 Å². The van der Waals surface area contributed by atoms with Crippen LogP contribution in [-0.2, 0) is 27.3 Å². The molecule has 25 heavy (non-hydrogen) atoms. The van der Waals surface area contributed by atoms with Gasteiger partial charge in [0.25, 0.3) is 5.91 Å². The molecule has 0 aliphatic heterocycles. The van der Waals surface area contributed by atoms with Crippen LogP contribution in [0.25, 0.3) is 0 Å². The predicted octanol–water partition coefficient (Wildman–Crippen LogP) is 2.87. The van der Waals surface area contributed by atoms with Gasteiger partial charge in [-0.2, -0.15) is 0 Å². The third kappa shape index (κ3) is 5.80. The Morgan fingerprint density at radius 2 is 1.56 bits per heavy atom. The summed E-state index contributed by atoms with van der Waals surface area (Å²) in [5, 5.41) is 9.63. The predicted molar refractivity (Wildman–Crippen MR) is 94.7 cm³/mol. The standard InChI is InChI=1S/C20H21NO4/c1-25-20(24)18(22)14-19(23)21(15-17-10-6-3-7-11-17)13-12-16-8-4-2-5-9-16/h2-11,14,22H,12-13,15H2,1H3/b18-14-. The van der Waals surface area contributed by atoms with Crippen LogP contribution in [0.4, 0.5) is 0 Å². The number of carbonyl (C=O) groups is 2. The summed E-state index contributed by atoms with van der Waals surface area (Å²) in [6.07, 6.45) is 1.58. The number of ether oxygens (including phenoxy) is 1. The smallest absolute Gasteiger partial charge is 0.373 e. The highest BCUT2D eigenvalue weighted by Gasteiger charge is 2.16. The minimum atomic E-state index is -0.934. The molecule has 0 fully saturated rings. The van der Waals surface area contributed by atoms with Gasteiger partial charge in [0.15, 0.2) is 0 Å². The third-order valence-corrected chi connectivity index (χ3v) is 3.70. The summed E-state index contributed by atoms with van der Waals surface area (Å²) in [5.74, 6) is -2.08. The van der Waals surface area contributed by atoms with Gasteiger partial charge in [-0.05, 0) is 17.5 Å². The molecule has 0 unspecified atom stereocenters. The first kappa shape index (κ1) is 18.3. The van der Waals surface area contributed by atoms with E-state index in [1.54, 1.807) is 4.90 Å². The summed E-state index contributed by atoms with van der Waals surface area (Å²) in [4.78, 5) is 25.4. The number of nitrogens with zero attached hydrogens (tertiary/aromatic N) is 1. The van der Waals surface area contributed by atoms with Crippen LogP contribution in [0.2, 0.25) is 0 Å². The molecular formula is C20H21NO4. The summed E-state index contributed by atoms with van der Waals surface area (Å²) >= 11 is 0. The zero-order valence-electron chi connectivity index (χ0n) is 14.1. The quantitative estimate of drug-likeness (QED) is 0.478. The van der Waals surface area contributed by atoms with Gasteiger partial charge < -0.3 is 14.7 Å². The van der Waals surface area contributed by atoms with E-state index in [1.165, 1.54) is 0 Å². The SMILES string of the molecule is COC(=O)/C(O)=C/C(=O)N(CCc1ccccc1)Cc1ccccc1. The van der Waals surface area contributed by atoms with Crippen LogP contribution in [0.15, 0.2) is 72.5 Å². The molecule has 0 saturated carbocycles. The highest BCUT2D eigenvalue weighted by molar-refractivity contribution is 5.96. The summed E-state index contributed by atoms with van der Waals surface area (Å²) in [5.41, 5.74) is 2.07. The summed E-state index contributed by atoms with van der Waals surface area (Å²) in [6, 6.07) is 19.4. The van der Waals surface area contributed by atoms with Gasteiger partial charge in [0.1, 0.15) is 0 Å². The second-order valence-electron chi connectivity index (χ2n) is 5.50. The number of hydrogen-bond acceptors (Lipinski definition) is 4. The van der Waals surface area contributed by atoms with Crippen LogP contribution in [-0.4, -0.2) is 35.5 Å². The van der Waals surface area contributed by atoms with Crippen molar-refractivity contribution >= 4 is 11.9 Å². The molecule has 5 heteroatoms. The summed E-state index contributed by atoms with van der Waals surface area (Å²) < 4.78 is 4.41. The molecule has 130 valence electrons. The summed E-state index contributed by atoms with van der Waals surface area (Å²) in [6.45, 7) is 0.847. The first-order valence-corrected chi connectivity index (χ1v) is 7.96. The lowest BCUT2D eigenvalue weighted by atomic mass is 10.1. The molecule has 0 atom stereocenters. The van der Waals surface area contributed by atoms with Gasteiger partial charge in [-0.25, -0.2) is 4.79 Å². The molecule has 1 N–H and O–H groups in total. The fourth-order valence-corrected chi connectivity index (χ4v) is 2.35. The van der Waals surface area contributed by atoms with Gasteiger partial charge in [0.05, 0.1) is 13.2 Å². The lowest BCUT2D eigenvalue weighted by Gasteiger charge is -2.21. The molecule has 0 radical (unpaired) electrons. The number of aliphatic hydroxyl groups is 1. The van der Waals surface area contributed by atoms with Crippen LogP contribution in [0.5, 0.6) is 0 Å². The average Bonchev–Trinajstić information content (AvgIpc) is 2.65. The third-order valence-electron chi connectivity index (χ3n) is 3.70. The molecule has 0 saturated heterocycles. The van der Waals surface area contributed by atoms with Crippen LogP contribution in [0.3, 0.4) is 0 Å². The minimum absolute atomic E-state index is 0.386. The maximum absolute atomic E-state index is 12.5. The highest BCUT2D eigenvalue weighted by atomic mass is 16.5. The van der Waals surface area contributed by atoms with Crippen molar-refractivity contribution in [1.29, 1.82) is 0 Å². The number of carbonyl (C=O) groups excluding carboxylic acids is 2.